The molecule has 0 bridgehead atoms. The molecule has 0 heterocycles. The summed E-state index contributed by atoms with van der Waals surface area (Å²) in [6, 6.07) is 0. The van der Waals surface area contributed by atoms with Crippen molar-refractivity contribution in [3.8, 4) is 0 Å². The lowest BCUT2D eigenvalue weighted by atomic mass is 10.5. The van der Waals surface area contributed by atoms with Gasteiger partial charge in [-0.25, -0.2) is 0 Å². The van der Waals surface area contributed by atoms with Gasteiger partial charge in [0.05, 0.1) is 12.9 Å². The molecule has 0 fully saturated rings. The first-order chi connectivity index (χ1) is 4.41. The van der Waals surface area contributed by atoms with Crippen LogP contribution in [-0.2, 0) is 9.47 Å². The van der Waals surface area contributed by atoms with E-state index in [4.69, 9.17) is 9.47 Å². The van der Waals surface area contributed by atoms with Crippen LogP contribution in [-0.4, -0.2) is 19.8 Å². The molecule has 0 aromatic rings. The molecule has 0 rings (SSSR count). The molecule has 0 aliphatic rings. The molecule has 0 saturated carbocycles. The zero-order chi connectivity index (χ0) is 6.95. The summed E-state index contributed by atoms with van der Waals surface area (Å²) in [6.07, 6.45) is 2.49. The van der Waals surface area contributed by atoms with E-state index >= 15 is 0 Å². The third kappa shape index (κ3) is 7.50. The first kappa shape index (κ1) is 8.50. The van der Waals surface area contributed by atoms with Crippen molar-refractivity contribution in [2.24, 2.45) is 0 Å². The monoisotopic (exact) mass is 130 g/mol. The number of hydrogen-bond acceptors (Lipinski definition) is 2. The molecule has 9 heavy (non-hydrogen) atoms. The van der Waals surface area contributed by atoms with Crippen LogP contribution in [0.25, 0.3) is 0 Å². The van der Waals surface area contributed by atoms with Crippen molar-refractivity contribution in [1.29, 1.82) is 0 Å². The maximum atomic E-state index is 5.11. The first-order valence-corrected chi connectivity index (χ1v) is 3.22. The van der Waals surface area contributed by atoms with Gasteiger partial charge in [0.25, 0.3) is 0 Å². The lowest BCUT2D eigenvalue weighted by molar-refractivity contribution is 0.0856. The highest BCUT2D eigenvalue weighted by atomic mass is 16.5. The van der Waals surface area contributed by atoms with Crippen molar-refractivity contribution in [3.63, 3.8) is 0 Å². The van der Waals surface area contributed by atoms with Gasteiger partial charge in [-0.1, -0.05) is 13.5 Å². The van der Waals surface area contributed by atoms with Crippen LogP contribution in [0.3, 0.4) is 0 Å². The van der Waals surface area contributed by atoms with Crippen molar-refractivity contribution in [2.75, 3.05) is 19.8 Å². The fourth-order valence-corrected chi connectivity index (χ4v) is 0.437. The minimum Gasteiger partial charge on any atom is -0.499 e. The van der Waals surface area contributed by atoms with E-state index in [0.717, 1.165) is 13.0 Å². The van der Waals surface area contributed by atoms with Crippen LogP contribution >= 0.6 is 0 Å². The van der Waals surface area contributed by atoms with Crippen LogP contribution in [0, 0.1) is 0 Å². The van der Waals surface area contributed by atoms with E-state index in [-0.39, 0.29) is 0 Å². The number of ether oxygens (including phenoxy) is 2. The van der Waals surface area contributed by atoms with E-state index < -0.39 is 0 Å². The smallest absolute Gasteiger partial charge is 0.111 e. The van der Waals surface area contributed by atoms with Crippen molar-refractivity contribution in [2.45, 2.75) is 13.3 Å². The van der Waals surface area contributed by atoms with Crippen molar-refractivity contribution < 1.29 is 9.47 Å². The van der Waals surface area contributed by atoms with E-state index in [0.29, 0.717) is 13.2 Å². The van der Waals surface area contributed by atoms with Crippen LogP contribution in [0.1, 0.15) is 13.3 Å². The Labute approximate surface area is 56.5 Å². The average Bonchev–Trinajstić information content (AvgIpc) is 1.89. The Morgan fingerprint density at radius 2 is 2.11 bits per heavy atom. The molecule has 0 spiro atoms. The number of hydrogen-bond donors (Lipinski definition) is 0. The third-order valence-corrected chi connectivity index (χ3v) is 0.812. The molecule has 0 radical (unpaired) electrons. The molecule has 0 atom stereocenters. The molecular weight excluding hydrogens is 116 g/mol. The van der Waals surface area contributed by atoms with Crippen LogP contribution in [0.15, 0.2) is 12.8 Å². The summed E-state index contributed by atoms with van der Waals surface area (Å²) in [4.78, 5) is 0. The van der Waals surface area contributed by atoms with Crippen LogP contribution in [0.5, 0.6) is 0 Å². The van der Waals surface area contributed by atoms with Crippen LogP contribution < -0.4 is 0 Å². The summed E-state index contributed by atoms with van der Waals surface area (Å²) < 4.78 is 9.93. The van der Waals surface area contributed by atoms with E-state index in [9.17, 15) is 0 Å². The summed E-state index contributed by atoms with van der Waals surface area (Å²) in [5, 5.41) is 0. The zero-order valence-electron chi connectivity index (χ0n) is 5.93. The lowest BCUT2D eigenvalue weighted by Crippen LogP contribution is -2.01. The molecule has 2 heteroatoms. The highest BCUT2D eigenvalue weighted by Crippen LogP contribution is 1.80. The highest BCUT2D eigenvalue weighted by molar-refractivity contribution is 4.47. The predicted octanol–water partition coefficient (Wildman–Crippen LogP) is 1.57. The maximum absolute atomic E-state index is 5.11. The highest BCUT2D eigenvalue weighted by Gasteiger charge is 1.82. The van der Waals surface area contributed by atoms with Gasteiger partial charge in [-0.3, -0.25) is 0 Å². The predicted molar refractivity (Wildman–Crippen MR) is 37.3 cm³/mol. The Morgan fingerprint density at radius 1 is 1.33 bits per heavy atom. The quantitative estimate of drug-likeness (QED) is 0.401. The van der Waals surface area contributed by atoms with Crippen molar-refractivity contribution in [3.05, 3.63) is 12.8 Å². The largest absolute Gasteiger partial charge is 0.499 e. The zero-order valence-corrected chi connectivity index (χ0v) is 5.93. The summed E-state index contributed by atoms with van der Waals surface area (Å²) in [5.74, 6) is 0. The van der Waals surface area contributed by atoms with E-state index in [1.165, 1.54) is 6.26 Å². The summed E-state index contributed by atoms with van der Waals surface area (Å²) in [6.45, 7) is 7.58. The van der Waals surface area contributed by atoms with Crippen molar-refractivity contribution in [1.82, 2.24) is 0 Å². The normalized spacial score (nSPS) is 9.00. The van der Waals surface area contributed by atoms with Gasteiger partial charge >= 0.3 is 0 Å². The minimum absolute atomic E-state index is 0.615. The van der Waals surface area contributed by atoms with Crippen LogP contribution in [0.4, 0.5) is 0 Å². The van der Waals surface area contributed by atoms with Gasteiger partial charge in [0.1, 0.15) is 6.61 Å². The molecule has 0 aromatic heterocycles. The fraction of sp³-hybridized carbons (Fsp3) is 0.714. The molecular formula is C7H14O2. The Bertz CT molecular complexity index is 61.9. The van der Waals surface area contributed by atoms with E-state index in [1.54, 1.807) is 0 Å². The molecule has 0 saturated heterocycles. The second-order valence-electron chi connectivity index (χ2n) is 1.65. The second-order valence-corrected chi connectivity index (χ2v) is 1.65. The summed E-state index contributed by atoms with van der Waals surface area (Å²) in [5.41, 5.74) is 0. The Hall–Kier alpha value is -0.500. The molecule has 0 aliphatic heterocycles. The van der Waals surface area contributed by atoms with Gasteiger partial charge in [0, 0.05) is 6.61 Å². The van der Waals surface area contributed by atoms with E-state index in [2.05, 4.69) is 13.5 Å². The second kappa shape index (κ2) is 7.50. The van der Waals surface area contributed by atoms with Crippen LogP contribution in [0.2, 0.25) is 0 Å². The molecule has 0 amide bonds. The van der Waals surface area contributed by atoms with Gasteiger partial charge < -0.3 is 9.47 Å². The molecule has 0 unspecified atom stereocenters. The van der Waals surface area contributed by atoms with Gasteiger partial charge in [-0.05, 0) is 6.42 Å². The Morgan fingerprint density at radius 3 is 2.67 bits per heavy atom. The van der Waals surface area contributed by atoms with Crippen molar-refractivity contribution >= 4 is 0 Å². The van der Waals surface area contributed by atoms with Gasteiger partial charge in [0.15, 0.2) is 0 Å². The average molecular weight is 130 g/mol. The molecule has 54 valence electrons. The first-order valence-electron chi connectivity index (χ1n) is 3.22. The summed E-state index contributed by atoms with van der Waals surface area (Å²) in [7, 11) is 0. The fourth-order valence-electron chi connectivity index (χ4n) is 0.437. The molecule has 0 N–H and O–H groups in total. The number of rotatable bonds is 6. The lowest BCUT2D eigenvalue weighted by Gasteiger charge is -2.00. The van der Waals surface area contributed by atoms with Gasteiger partial charge in [0.2, 0.25) is 0 Å². The molecule has 0 aromatic carbocycles. The van der Waals surface area contributed by atoms with Gasteiger partial charge in [-0.2, -0.15) is 0 Å². The van der Waals surface area contributed by atoms with Gasteiger partial charge in [-0.15, -0.1) is 0 Å². The topological polar surface area (TPSA) is 18.5 Å². The summed E-state index contributed by atoms with van der Waals surface area (Å²) >= 11 is 0. The standard InChI is InChI=1S/C7H14O2/c1-3-5-9-7-6-8-4-2/h4H,2-3,5-7H2,1H3. The maximum Gasteiger partial charge on any atom is 0.111 e. The Balaban J connectivity index is 2.66. The molecule has 2 nitrogen and oxygen atoms in total. The molecule has 0 aliphatic carbocycles. The van der Waals surface area contributed by atoms with E-state index in [1.807, 2.05) is 0 Å². The third-order valence-electron chi connectivity index (χ3n) is 0.812. The Kier molecular flexibility index (Phi) is 7.08. The minimum atomic E-state index is 0.615. The SMILES string of the molecule is C=COCCOCCC.